The molecule has 0 bridgehead atoms. The van der Waals surface area contributed by atoms with Crippen LogP contribution in [-0.4, -0.2) is 31.8 Å². The Morgan fingerprint density at radius 3 is 2.66 bits per heavy atom. The fraction of sp³-hybridized carbons (Fsp3) is 0.364. The predicted octanol–water partition coefficient (Wildman–Crippen LogP) is 3.77. The third-order valence-corrected chi connectivity index (χ3v) is 5.73. The summed E-state index contributed by atoms with van der Waals surface area (Å²) in [5.41, 5.74) is 2.89. The zero-order chi connectivity index (χ0) is 19.8. The van der Waals surface area contributed by atoms with Crippen LogP contribution in [0.15, 0.2) is 42.7 Å². The molecule has 1 amide bonds. The summed E-state index contributed by atoms with van der Waals surface area (Å²) < 4.78 is 7.98. The molecular formula is C22H23N5O2. The fourth-order valence-electron chi connectivity index (χ4n) is 4.42. The van der Waals surface area contributed by atoms with Gasteiger partial charge in [0.25, 0.3) is 5.95 Å². The molecule has 29 heavy (non-hydrogen) atoms. The van der Waals surface area contributed by atoms with Crippen LogP contribution >= 0.6 is 0 Å². The maximum Gasteiger partial charge on any atom is 0.252 e. The molecule has 1 N–H and O–H groups in total. The number of benzene rings is 1. The maximum atomic E-state index is 12.6. The molecule has 3 heterocycles. The first-order valence-corrected chi connectivity index (χ1v) is 10.1. The third-order valence-electron chi connectivity index (χ3n) is 5.73. The van der Waals surface area contributed by atoms with Crippen LogP contribution in [0.2, 0.25) is 0 Å². The van der Waals surface area contributed by atoms with E-state index in [4.69, 9.17) is 4.74 Å². The Kier molecular flexibility index (Phi) is 4.50. The van der Waals surface area contributed by atoms with Gasteiger partial charge in [0.15, 0.2) is 0 Å². The van der Waals surface area contributed by atoms with Crippen molar-refractivity contribution in [3.8, 4) is 11.7 Å². The lowest BCUT2D eigenvalue weighted by atomic mass is 9.85. The van der Waals surface area contributed by atoms with Crippen molar-refractivity contribution < 1.29 is 9.53 Å². The lowest BCUT2D eigenvalue weighted by Crippen LogP contribution is -2.25. The largest absolute Gasteiger partial charge is 0.490 e. The molecule has 0 unspecified atom stereocenters. The van der Waals surface area contributed by atoms with Crippen molar-refractivity contribution in [3.63, 3.8) is 0 Å². The van der Waals surface area contributed by atoms with E-state index < -0.39 is 0 Å². The van der Waals surface area contributed by atoms with Crippen LogP contribution in [0.4, 0.5) is 5.82 Å². The molecule has 1 aromatic carbocycles. The van der Waals surface area contributed by atoms with Crippen LogP contribution in [-0.2, 0) is 4.79 Å². The molecule has 148 valence electrons. The zero-order valence-corrected chi connectivity index (χ0v) is 16.3. The molecule has 7 heteroatoms. The van der Waals surface area contributed by atoms with E-state index in [2.05, 4.69) is 26.4 Å². The Bertz CT molecular complexity index is 1040. The highest BCUT2D eigenvalue weighted by atomic mass is 16.5. The molecule has 0 radical (unpaired) electrons. The van der Waals surface area contributed by atoms with Crippen molar-refractivity contribution in [2.45, 2.75) is 51.0 Å². The average Bonchev–Trinajstić information content (AvgIpc) is 3.36. The molecule has 1 saturated carbocycles. The first-order valence-electron chi connectivity index (χ1n) is 10.1. The third kappa shape index (κ3) is 3.26. The van der Waals surface area contributed by atoms with Gasteiger partial charge in [0.05, 0.1) is 11.8 Å². The van der Waals surface area contributed by atoms with Crippen LogP contribution in [0.1, 0.15) is 54.8 Å². The predicted molar refractivity (Wildman–Crippen MR) is 108 cm³/mol. The number of nitrogens with zero attached hydrogens (tertiary/aromatic N) is 4. The van der Waals surface area contributed by atoms with Gasteiger partial charge >= 0.3 is 0 Å². The molecule has 7 nitrogen and oxygen atoms in total. The summed E-state index contributed by atoms with van der Waals surface area (Å²) in [6.07, 6.45) is 8.56. The van der Waals surface area contributed by atoms with Crippen molar-refractivity contribution in [2.24, 2.45) is 0 Å². The molecule has 1 aliphatic carbocycles. The van der Waals surface area contributed by atoms with Crippen LogP contribution in [0, 0.1) is 6.92 Å². The summed E-state index contributed by atoms with van der Waals surface area (Å²) in [5, 5.41) is 7.62. The molecule has 1 aliphatic heterocycles. The molecule has 5 rings (SSSR count). The van der Waals surface area contributed by atoms with E-state index >= 15 is 0 Å². The highest BCUT2D eigenvalue weighted by molar-refractivity contribution is 5.95. The van der Waals surface area contributed by atoms with Gasteiger partial charge in [0.1, 0.15) is 11.6 Å². The summed E-state index contributed by atoms with van der Waals surface area (Å²) in [5.74, 6) is 1.79. The van der Waals surface area contributed by atoms with Gasteiger partial charge in [-0.3, -0.25) is 4.79 Å². The van der Waals surface area contributed by atoms with Gasteiger partial charge in [-0.1, -0.05) is 18.2 Å². The normalized spacial score (nSPS) is 19.1. The number of fused-ring (bicyclic) bond motifs is 1. The van der Waals surface area contributed by atoms with Gasteiger partial charge in [-0.05, 0) is 44.7 Å². The van der Waals surface area contributed by atoms with Gasteiger partial charge in [0, 0.05) is 35.9 Å². The standard InChI is InChI=1S/C22H23N5O2/c1-14-20-17(16-9-4-5-10-18(16)29-15-7-2-3-8-15)13-19(28)25-21(20)27(26-14)22-23-11-6-12-24-22/h4-6,9-12,15,17H,2-3,7-8,13H2,1H3,(H,25,28)/t17-/m1/s1. The van der Waals surface area contributed by atoms with Gasteiger partial charge in [-0.15, -0.1) is 0 Å². The minimum atomic E-state index is -0.117. The second-order valence-corrected chi connectivity index (χ2v) is 7.68. The smallest absolute Gasteiger partial charge is 0.252 e. The van der Waals surface area contributed by atoms with E-state index in [-0.39, 0.29) is 17.9 Å². The van der Waals surface area contributed by atoms with Crippen molar-refractivity contribution in [1.29, 1.82) is 0 Å². The summed E-state index contributed by atoms with van der Waals surface area (Å²) >= 11 is 0. The van der Waals surface area contributed by atoms with E-state index in [1.807, 2.05) is 25.1 Å². The monoisotopic (exact) mass is 389 g/mol. The number of anilines is 1. The SMILES string of the molecule is Cc1nn(-c2ncccn2)c2c1[C@@H](c1ccccc1OC1CCCC1)CC(=O)N2. The van der Waals surface area contributed by atoms with Gasteiger partial charge in [-0.2, -0.15) is 9.78 Å². The number of amides is 1. The number of aryl methyl sites for hydroxylation is 1. The summed E-state index contributed by atoms with van der Waals surface area (Å²) in [7, 11) is 0. The number of hydrogen-bond donors (Lipinski definition) is 1. The molecular weight excluding hydrogens is 366 g/mol. The molecule has 0 saturated heterocycles. The highest BCUT2D eigenvalue weighted by Crippen LogP contribution is 2.43. The summed E-state index contributed by atoms with van der Waals surface area (Å²) in [4.78, 5) is 21.2. The van der Waals surface area contributed by atoms with Crippen molar-refractivity contribution in [1.82, 2.24) is 19.7 Å². The first kappa shape index (κ1) is 17.8. The quantitative estimate of drug-likeness (QED) is 0.735. The number of rotatable bonds is 4. The minimum absolute atomic E-state index is 0.0461. The highest BCUT2D eigenvalue weighted by Gasteiger charge is 2.35. The van der Waals surface area contributed by atoms with Gasteiger partial charge in [0.2, 0.25) is 5.91 Å². The average molecular weight is 389 g/mol. The Morgan fingerprint density at radius 1 is 1.10 bits per heavy atom. The van der Waals surface area contributed by atoms with E-state index in [0.717, 1.165) is 35.4 Å². The number of carbonyl (C=O) groups is 1. The van der Waals surface area contributed by atoms with Crippen LogP contribution in [0.3, 0.4) is 0 Å². The fourth-order valence-corrected chi connectivity index (χ4v) is 4.42. The van der Waals surface area contributed by atoms with Crippen molar-refractivity contribution in [3.05, 3.63) is 59.5 Å². The van der Waals surface area contributed by atoms with Crippen LogP contribution < -0.4 is 10.1 Å². The number of ether oxygens (including phenoxy) is 1. The summed E-state index contributed by atoms with van der Waals surface area (Å²) in [6.45, 7) is 1.96. The lowest BCUT2D eigenvalue weighted by molar-refractivity contribution is -0.116. The topological polar surface area (TPSA) is 81.9 Å². The molecule has 2 aliphatic rings. The molecule has 3 aromatic rings. The van der Waals surface area contributed by atoms with Gasteiger partial charge in [-0.25, -0.2) is 9.97 Å². The Morgan fingerprint density at radius 2 is 1.86 bits per heavy atom. The lowest BCUT2D eigenvalue weighted by Gasteiger charge is -2.26. The number of para-hydroxylation sites is 1. The van der Waals surface area contributed by atoms with Crippen LogP contribution in [0.5, 0.6) is 5.75 Å². The van der Waals surface area contributed by atoms with Crippen molar-refractivity contribution >= 4 is 11.7 Å². The minimum Gasteiger partial charge on any atom is -0.490 e. The van der Waals surface area contributed by atoms with E-state index in [1.165, 1.54) is 12.8 Å². The first-order chi connectivity index (χ1) is 14.2. The zero-order valence-electron chi connectivity index (χ0n) is 16.3. The van der Waals surface area contributed by atoms with E-state index in [0.29, 0.717) is 18.2 Å². The maximum absolute atomic E-state index is 12.6. The molecule has 1 atom stereocenters. The summed E-state index contributed by atoms with van der Waals surface area (Å²) in [6, 6.07) is 9.83. The molecule has 1 fully saturated rings. The number of hydrogen-bond acceptors (Lipinski definition) is 5. The Hall–Kier alpha value is -3.22. The second-order valence-electron chi connectivity index (χ2n) is 7.68. The number of carbonyl (C=O) groups excluding carboxylic acids is 1. The van der Waals surface area contributed by atoms with Crippen molar-refractivity contribution in [2.75, 3.05) is 5.32 Å². The van der Waals surface area contributed by atoms with E-state index in [9.17, 15) is 4.79 Å². The van der Waals surface area contributed by atoms with E-state index in [1.54, 1.807) is 23.1 Å². The van der Waals surface area contributed by atoms with Crippen LogP contribution in [0.25, 0.3) is 5.95 Å². The van der Waals surface area contributed by atoms with Gasteiger partial charge < -0.3 is 10.1 Å². The Balaban J connectivity index is 1.59. The Labute approximate surface area is 169 Å². The second kappa shape index (κ2) is 7.31. The molecule has 0 spiro atoms. The molecule has 2 aromatic heterocycles. The number of aromatic nitrogens is 4. The number of nitrogens with one attached hydrogen (secondary N) is 1.